The molecule has 124 valence electrons. The molecule has 2 heterocycles. The summed E-state index contributed by atoms with van der Waals surface area (Å²) in [6.45, 7) is 2.75. The average molecular weight is 318 g/mol. The second-order valence-electron chi connectivity index (χ2n) is 5.18. The summed E-state index contributed by atoms with van der Waals surface area (Å²) in [5.74, 6) is 0.195. The predicted octanol–water partition coefficient (Wildman–Crippen LogP) is 2.64. The molecular formula is C16H22N4O3. The first kappa shape index (κ1) is 16.8. The van der Waals surface area contributed by atoms with E-state index in [4.69, 9.17) is 15.0 Å². The van der Waals surface area contributed by atoms with Gasteiger partial charge < -0.3 is 20.3 Å². The summed E-state index contributed by atoms with van der Waals surface area (Å²) >= 11 is 0. The summed E-state index contributed by atoms with van der Waals surface area (Å²) in [6, 6.07) is 3.44. The van der Waals surface area contributed by atoms with Gasteiger partial charge in [-0.1, -0.05) is 31.3 Å². The Morgan fingerprint density at radius 1 is 1.35 bits per heavy atom. The first-order valence-corrected chi connectivity index (χ1v) is 7.71. The SMILES string of the molecule is CCCCCCNC(=O)c1c(-c2ccc(OC)nc2)noc1N. The van der Waals surface area contributed by atoms with Crippen molar-refractivity contribution in [3.05, 3.63) is 23.9 Å². The topological polar surface area (TPSA) is 103 Å². The van der Waals surface area contributed by atoms with Crippen LogP contribution in [0.3, 0.4) is 0 Å². The average Bonchev–Trinajstić information content (AvgIpc) is 2.96. The predicted molar refractivity (Wildman–Crippen MR) is 87.2 cm³/mol. The number of carbonyl (C=O) groups excluding carboxylic acids is 1. The van der Waals surface area contributed by atoms with Crippen LogP contribution in [0.1, 0.15) is 43.0 Å². The van der Waals surface area contributed by atoms with Gasteiger partial charge in [0.1, 0.15) is 11.3 Å². The van der Waals surface area contributed by atoms with Gasteiger partial charge in [0.25, 0.3) is 5.91 Å². The Labute approximate surface area is 135 Å². The minimum atomic E-state index is -0.286. The largest absolute Gasteiger partial charge is 0.481 e. The fourth-order valence-electron chi connectivity index (χ4n) is 2.20. The van der Waals surface area contributed by atoms with Crippen LogP contribution in [0.15, 0.2) is 22.9 Å². The van der Waals surface area contributed by atoms with Gasteiger partial charge in [-0.25, -0.2) is 4.98 Å². The highest BCUT2D eigenvalue weighted by Gasteiger charge is 2.22. The van der Waals surface area contributed by atoms with Crippen molar-refractivity contribution in [2.75, 3.05) is 19.4 Å². The first-order valence-electron chi connectivity index (χ1n) is 7.71. The lowest BCUT2D eigenvalue weighted by Crippen LogP contribution is -2.25. The van der Waals surface area contributed by atoms with Gasteiger partial charge in [-0.15, -0.1) is 0 Å². The summed E-state index contributed by atoms with van der Waals surface area (Å²) in [5, 5.41) is 6.73. The molecule has 0 saturated carbocycles. The van der Waals surface area contributed by atoms with Crippen LogP contribution in [-0.2, 0) is 0 Å². The molecular weight excluding hydrogens is 296 g/mol. The van der Waals surface area contributed by atoms with Gasteiger partial charge in [0.05, 0.1) is 7.11 Å². The molecule has 0 aliphatic carbocycles. The lowest BCUT2D eigenvalue weighted by Gasteiger charge is -2.05. The van der Waals surface area contributed by atoms with E-state index in [1.807, 2.05) is 0 Å². The number of nitrogens with one attached hydrogen (secondary N) is 1. The number of rotatable bonds is 8. The number of nitrogen functional groups attached to an aromatic ring is 1. The summed E-state index contributed by atoms with van der Waals surface area (Å²) in [7, 11) is 1.54. The Balaban J connectivity index is 2.09. The summed E-state index contributed by atoms with van der Waals surface area (Å²) < 4.78 is 9.99. The molecule has 0 atom stereocenters. The third kappa shape index (κ3) is 4.21. The van der Waals surface area contributed by atoms with E-state index in [1.54, 1.807) is 18.3 Å². The van der Waals surface area contributed by atoms with Gasteiger partial charge in [0.15, 0.2) is 0 Å². The van der Waals surface area contributed by atoms with E-state index in [1.165, 1.54) is 7.11 Å². The third-order valence-electron chi connectivity index (χ3n) is 3.48. The normalized spacial score (nSPS) is 10.5. The fourth-order valence-corrected chi connectivity index (χ4v) is 2.20. The molecule has 0 aromatic carbocycles. The summed E-state index contributed by atoms with van der Waals surface area (Å²) in [4.78, 5) is 16.4. The molecule has 7 nitrogen and oxygen atoms in total. The highest BCUT2D eigenvalue weighted by molar-refractivity contribution is 6.03. The molecule has 0 fully saturated rings. The van der Waals surface area contributed by atoms with Crippen molar-refractivity contribution >= 4 is 11.8 Å². The molecule has 0 radical (unpaired) electrons. The quantitative estimate of drug-likeness (QED) is 0.725. The Morgan fingerprint density at radius 3 is 2.83 bits per heavy atom. The van der Waals surface area contributed by atoms with E-state index < -0.39 is 0 Å². The molecule has 2 aromatic heterocycles. The highest BCUT2D eigenvalue weighted by Crippen LogP contribution is 2.27. The monoisotopic (exact) mass is 318 g/mol. The van der Waals surface area contributed by atoms with Crippen LogP contribution >= 0.6 is 0 Å². The van der Waals surface area contributed by atoms with E-state index in [0.717, 1.165) is 25.7 Å². The van der Waals surface area contributed by atoms with Crippen LogP contribution in [0.25, 0.3) is 11.3 Å². The standard InChI is InChI=1S/C16H22N4O3/c1-3-4-5-6-9-18-16(21)13-14(20-23-15(13)17)11-7-8-12(22-2)19-10-11/h7-8,10H,3-6,9,17H2,1-2H3,(H,18,21). The molecule has 7 heteroatoms. The molecule has 3 N–H and O–H groups in total. The van der Waals surface area contributed by atoms with Crippen molar-refractivity contribution in [1.29, 1.82) is 0 Å². The number of ether oxygens (including phenoxy) is 1. The van der Waals surface area contributed by atoms with Crippen molar-refractivity contribution in [2.45, 2.75) is 32.6 Å². The van der Waals surface area contributed by atoms with Crippen molar-refractivity contribution in [3.63, 3.8) is 0 Å². The van der Waals surface area contributed by atoms with E-state index >= 15 is 0 Å². The maximum Gasteiger partial charge on any atom is 0.259 e. The molecule has 0 unspecified atom stereocenters. The molecule has 0 aliphatic rings. The van der Waals surface area contributed by atoms with Gasteiger partial charge in [0.2, 0.25) is 11.8 Å². The van der Waals surface area contributed by atoms with Crippen molar-refractivity contribution in [2.24, 2.45) is 0 Å². The lowest BCUT2D eigenvalue weighted by atomic mass is 10.1. The first-order chi connectivity index (χ1) is 11.2. The van der Waals surface area contributed by atoms with E-state index in [9.17, 15) is 4.79 Å². The highest BCUT2D eigenvalue weighted by atomic mass is 16.5. The van der Waals surface area contributed by atoms with Gasteiger partial charge in [-0.3, -0.25) is 4.79 Å². The van der Waals surface area contributed by atoms with Gasteiger partial charge in [0, 0.05) is 24.4 Å². The minimum Gasteiger partial charge on any atom is -0.481 e. The number of aromatic nitrogens is 2. The second-order valence-corrected chi connectivity index (χ2v) is 5.18. The number of methoxy groups -OCH3 is 1. The van der Waals surface area contributed by atoms with Crippen LogP contribution in [0.2, 0.25) is 0 Å². The summed E-state index contributed by atoms with van der Waals surface area (Å²) in [6.07, 6.45) is 5.90. The molecule has 0 saturated heterocycles. The zero-order valence-electron chi connectivity index (χ0n) is 13.5. The molecule has 1 amide bonds. The minimum absolute atomic E-state index is 0.00174. The number of pyridine rings is 1. The number of carbonyl (C=O) groups is 1. The Hall–Kier alpha value is -2.57. The van der Waals surface area contributed by atoms with Crippen molar-refractivity contribution in [1.82, 2.24) is 15.5 Å². The Kier molecular flexibility index (Phi) is 5.96. The maximum atomic E-state index is 12.3. The fraction of sp³-hybridized carbons (Fsp3) is 0.438. The zero-order chi connectivity index (χ0) is 16.7. The van der Waals surface area contributed by atoms with E-state index in [0.29, 0.717) is 23.7 Å². The van der Waals surface area contributed by atoms with Crippen LogP contribution in [0.4, 0.5) is 5.88 Å². The van der Waals surface area contributed by atoms with Crippen LogP contribution in [0, 0.1) is 0 Å². The van der Waals surface area contributed by atoms with Gasteiger partial charge in [-0.05, 0) is 12.5 Å². The number of hydrogen-bond acceptors (Lipinski definition) is 6. The number of unbranched alkanes of at least 4 members (excludes halogenated alkanes) is 3. The smallest absolute Gasteiger partial charge is 0.259 e. The van der Waals surface area contributed by atoms with E-state index in [-0.39, 0.29) is 17.4 Å². The number of nitrogens with zero attached hydrogens (tertiary/aromatic N) is 2. The molecule has 0 aliphatic heterocycles. The number of hydrogen-bond donors (Lipinski definition) is 2. The number of amides is 1. The molecule has 0 bridgehead atoms. The molecule has 0 spiro atoms. The molecule has 23 heavy (non-hydrogen) atoms. The third-order valence-corrected chi connectivity index (χ3v) is 3.48. The Bertz CT molecular complexity index is 637. The molecule has 2 rings (SSSR count). The zero-order valence-corrected chi connectivity index (χ0v) is 13.5. The number of nitrogens with two attached hydrogens (primary N) is 1. The summed E-state index contributed by atoms with van der Waals surface area (Å²) in [5.41, 5.74) is 7.02. The van der Waals surface area contributed by atoms with Gasteiger partial charge in [-0.2, -0.15) is 0 Å². The second kappa shape index (κ2) is 8.17. The van der Waals surface area contributed by atoms with Crippen molar-refractivity contribution < 1.29 is 14.1 Å². The van der Waals surface area contributed by atoms with E-state index in [2.05, 4.69) is 22.4 Å². The van der Waals surface area contributed by atoms with Crippen LogP contribution < -0.4 is 15.8 Å². The lowest BCUT2D eigenvalue weighted by molar-refractivity contribution is 0.0954. The Morgan fingerprint density at radius 2 is 2.17 bits per heavy atom. The van der Waals surface area contributed by atoms with Crippen LogP contribution in [0.5, 0.6) is 5.88 Å². The number of anilines is 1. The van der Waals surface area contributed by atoms with Crippen LogP contribution in [-0.4, -0.2) is 29.7 Å². The van der Waals surface area contributed by atoms with Crippen molar-refractivity contribution in [3.8, 4) is 17.1 Å². The maximum absolute atomic E-state index is 12.3. The molecule has 2 aromatic rings. The van der Waals surface area contributed by atoms with Gasteiger partial charge >= 0.3 is 0 Å².